The number of hydrogen-bond acceptors (Lipinski definition) is 4. The van der Waals surface area contributed by atoms with Crippen LogP contribution in [0.15, 0.2) is 29.1 Å². The van der Waals surface area contributed by atoms with E-state index in [1.807, 2.05) is 19.1 Å². The van der Waals surface area contributed by atoms with Crippen molar-refractivity contribution < 1.29 is 9.53 Å². The minimum absolute atomic E-state index is 0.0502. The molecule has 126 valence electrons. The van der Waals surface area contributed by atoms with E-state index >= 15 is 0 Å². The molecule has 1 heterocycles. The third-order valence-electron chi connectivity index (χ3n) is 4.14. The molecule has 6 heteroatoms. The van der Waals surface area contributed by atoms with E-state index < -0.39 is 0 Å². The Morgan fingerprint density at radius 2 is 2.12 bits per heavy atom. The Balaban J connectivity index is 1.80. The fraction of sp³-hybridized carbons (Fsp3) is 0.389. The average molecular weight is 327 g/mol. The number of nitrogens with zero attached hydrogens (tertiary/aromatic N) is 2. The fourth-order valence-corrected chi connectivity index (χ4v) is 3.02. The van der Waals surface area contributed by atoms with Gasteiger partial charge in [-0.15, -0.1) is 0 Å². The number of nitrogens with one attached hydrogen (secondary N) is 1. The van der Waals surface area contributed by atoms with Crippen molar-refractivity contribution in [2.24, 2.45) is 0 Å². The van der Waals surface area contributed by atoms with Crippen LogP contribution >= 0.6 is 0 Å². The predicted octanol–water partition coefficient (Wildman–Crippen LogP) is 2.08. The van der Waals surface area contributed by atoms with Crippen molar-refractivity contribution in [3.8, 4) is 5.75 Å². The Labute approximate surface area is 140 Å². The molecule has 6 nitrogen and oxygen atoms in total. The van der Waals surface area contributed by atoms with Gasteiger partial charge in [-0.3, -0.25) is 14.2 Å². The maximum absolute atomic E-state index is 12.6. The third kappa shape index (κ3) is 3.18. The summed E-state index contributed by atoms with van der Waals surface area (Å²) in [6.45, 7) is 4.12. The van der Waals surface area contributed by atoms with Gasteiger partial charge in [-0.2, -0.15) is 0 Å². The highest BCUT2D eigenvalue weighted by molar-refractivity contribution is 5.92. The number of benzene rings is 1. The van der Waals surface area contributed by atoms with E-state index in [4.69, 9.17) is 4.74 Å². The molecule has 0 spiro atoms. The van der Waals surface area contributed by atoms with E-state index in [0.29, 0.717) is 23.9 Å². The SMILES string of the molecule is CCOc1ccccc1NC(=O)Cn1c(C)nc2c(c1=O)CCC2. The lowest BCUT2D eigenvalue weighted by atomic mass is 10.2. The van der Waals surface area contributed by atoms with Gasteiger partial charge in [0.25, 0.3) is 5.56 Å². The summed E-state index contributed by atoms with van der Waals surface area (Å²) in [4.78, 5) is 29.4. The summed E-state index contributed by atoms with van der Waals surface area (Å²) in [5.74, 6) is 0.922. The first-order valence-corrected chi connectivity index (χ1v) is 8.21. The van der Waals surface area contributed by atoms with E-state index in [0.717, 1.165) is 30.5 Å². The first kappa shape index (κ1) is 16.2. The summed E-state index contributed by atoms with van der Waals surface area (Å²) in [7, 11) is 0. The van der Waals surface area contributed by atoms with Gasteiger partial charge in [0.05, 0.1) is 18.0 Å². The van der Waals surface area contributed by atoms with Crippen molar-refractivity contribution in [2.75, 3.05) is 11.9 Å². The number of amides is 1. The van der Waals surface area contributed by atoms with Crippen molar-refractivity contribution in [1.82, 2.24) is 9.55 Å². The highest BCUT2D eigenvalue weighted by Gasteiger charge is 2.20. The fourth-order valence-electron chi connectivity index (χ4n) is 3.02. The number of aryl methyl sites for hydroxylation is 2. The van der Waals surface area contributed by atoms with Crippen LogP contribution in [0, 0.1) is 6.92 Å². The van der Waals surface area contributed by atoms with Gasteiger partial charge in [0.2, 0.25) is 5.91 Å². The standard InChI is InChI=1S/C18H21N3O3/c1-3-24-16-10-5-4-8-15(16)20-17(22)11-21-12(2)19-14-9-6-7-13(14)18(21)23/h4-5,8,10H,3,6-7,9,11H2,1-2H3,(H,20,22). The number of rotatable bonds is 5. The number of hydrogen-bond donors (Lipinski definition) is 1. The van der Waals surface area contributed by atoms with Gasteiger partial charge < -0.3 is 10.1 Å². The van der Waals surface area contributed by atoms with Crippen LogP contribution in [-0.2, 0) is 24.2 Å². The minimum Gasteiger partial charge on any atom is -0.492 e. The lowest BCUT2D eigenvalue weighted by molar-refractivity contribution is -0.116. The van der Waals surface area contributed by atoms with Crippen LogP contribution in [-0.4, -0.2) is 22.1 Å². The highest BCUT2D eigenvalue weighted by atomic mass is 16.5. The molecule has 1 aromatic heterocycles. The largest absolute Gasteiger partial charge is 0.492 e. The summed E-state index contributed by atoms with van der Waals surface area (Å²) >= 11 is 0. The molecule has 2 aromatic rings. The topological polar surface area (TPSA) is 73.2 Å². The van der Waals surface area contributed by atoms with Gasteiger partial charge in [0, 0.05) is 5.56 Å². The second kappa shape index (κ2) is 6.86. The van der Waals surface area contributed by atoms with Crippen LogP contribution in [0.4, 0.5) is 5.69 Å². The van der Waals surface area contributed by atoms with E-state index in [1.54, 1.807) is 19.1 Å². The molecule has 0 aliphatic heterocycles. The van der Waals surface area contributed by atoms with Crippen LogP contribution in [0.1, 0.15) is 30.4 Å². The predicted molar refractivity (Wildman–Crippen MR) is 91.5 cm³/mol. The van der Waals surface area contributed by atoms with E-state index in [-0.39, 0.29) is 18.0 Å². The van der Waals surface area contributed by atoms with Crippen molar-refractivity contribution in [3.63, 3.8) is 0 Å². The molecule has 24 heavy (non-hydrogen) atoms. The molecule has 1 aliphatic rings. The number of para-hydroxylation sites is 2. The molecular weight excluding hydrogens is 306 g/mol. The second-order valence-electron chi connectivity index (χ2n) is 5.81. The molecular formula is C18H21N3O3. The number of fused-ring (bicyclic) bond motifs is 1. The summed E-state index contributed by atoms with van der Waals surface area (Å²) in [6.07, 6.45) is 2.55. The maximum atomic E-state index is 12.6. The van der Waals surface area contributed by atoms with Gasteiger partial charge in [0.1, 0.15) is 18.1 Å². The lowest BCUT2D eigenvalue weighted by Crippen LogP contribution is -2.32. The average Bonchev–Trinajstić information content (AvgIpc) is 3.02. The Bertz CT molecular complexity index is 827. The Hall–Kier alpha value is -2.63. The number of carbonyl (C=O) groups excluding carboxylic acids is 1. The number of carbonyl (C=O) groups is 1. The number of aromatic nitrogens is 2. The van der Waals surface area contributed by atoms with Crippen molar-refractivity contribution in [1.29, 1.82) is 0 Å². The zero-order valence-corrected chi connectivity index (χ0v) is 14.0. The minimum atomic E-state index is -0.271. The normalized spacial score (nSPS) is 12.8. The molecule has 1 aromatic carbocycles. The number of anilines is 1. The Morgan fingerprint density at radius 1 is 1.33 bits per heavy atom. The van der Waals surface area contributed by atoms with Crippen molar-refractivity contribution in [2.45, 2.75) is 39.7 Å². The monoisotopic (exact) mass is 327 g/mol. The zero-order valence-electron chi connectivity index (χ0n) is 14.0. The summed E-state index contributed by atoms with van der Waals surface area (Å²) in [5, 5.41) is 2.81. The molecule has 3 rings (SSSR count). The van der Waals surface area contributed by atoms with Gasteiger partial charge >= 0.3 is 0 Å². The lowest BCUT2D eigenvalue weighted by Gasteiger charge is -2.14. The molecule has 0 saturated carbocycles. The van der Waals surface area contributed by atoms with Crippen LogP contribution < -0.4 is 15.6 Å². The molecule has 0 bridgehead atoms. The van der Waals surface area contributed by atoms with Crippen LogP contribution in [0.3, 0.4) is 0 Å². The molecule has 1 N–H and O–H groups in total. The van der Waals surface area contributed by atoms with E-state index in [1.165, 1.54) is 4.57 Å². The summed E-state index contributed by atoms with van der Waals surface area (Å²) in [5.41, 5.74) is 2.14. The van der Waals surface area contributed by atoms with Crippen LogP contribution in [0.2, 0.25) is 0 Å². The third-order valence-corrected chi connectivity index (χ3v) is 4.14. The van der Waals surface area contributed by atoms with E-state index in [9.17, 15) is 9.59 Å². The molecule has 0 unspecified atom stereocenters. The molecule has 1 amide bonds. The molecule has 0 radical (unpaired) electrons. The maximum Gasteiger partial charge on any atom is 0.257 e. The Kier molecular flexibility index (Phi) is 4.64. The first-order valence-electron chi connectivity index (χ1n) is 8.21. The van der Waals surface area contributed by atoms with Crippen LogP contribution in [0.5, 0.6) is 5.75 Å². The van der Waals surface area contributed by atoms with Gasteiger partial charge in [-0.05, 0) is 45.2 Å². The number of ether oxygens (including phenoxy) is 1. The van der Waals surface area contributed by atoms with Crippen LogP contribution in [0.25, 0.3) is 0 Å². The molecule has 0 fully saturated rings. The molecule has 1 aliphatic carbocycles. The van der Waals surface area contributed by atoms with Crippen molar-refractivity contribution in [3.05, 3.63) is 51.7 Å². The smallest absolute Gasteiger partial charge is 0.257 e. The van der Waals surface area contributed by atoms with Gasteiger partial charge in [0.15, 0.2) is 0 Å². The van der Waals surface area contributed by atoms with Gasteiger partial charge in [-0.1, -0.05) is 12.1 Å². The summed E-state index contributed by atoms with van der Waals surface area (Å²) < 4.78 is 6.95. The second-order valence-corrected chi connectivity index (χ2v) is 5.81. The first-order chi connectivity index (χ1) is 11.6. The summed E-state index contributed by atoms with van der Waals surface area (Å²) in [6, 6.07) is 7.25. The quantitative estimate of drug-likeness (QED) is 0.912. The van der Waals surface area contributed by atoms with Crippen molar-refractivity contribution >= 4 is 11.6 Å². The van der Waals surface area contributed by atoms with Gasteiger partial charge in [-0.25, -0.2) is 4.98 Å². The van der Waals surface area contributed by atoms with E-state index in [2.05, 4.69) is 10.3 Å². The Morgan fingerprint density at radius 3 is 2.92 bits per heavy atom. The zero-order chi connectivity index (χ0) is 17.1. The molecule has 0 saturated heterocycles. The highest BCUT2D eigenvalue weighted by Crippen LogP contribution is 2.23. The molecule has 0 atom stereocenters.